The van der Waals surface area contributed by atoms with Crippen LogP contribution in [0.1, 0.15) is 45.8 Å². The second-order valence-corrected chi connectivity index (χ2v) is 5.03. The van der Waals surface area contributed by atoms with Gasteiger partial charge in [0.2, 0.25) is 0 Å². The first-order chi connectivity index (χ1) is 9.15. The Kier molecular flexibility index (Phi) is 2.73. The highest BCUT2D eigenvalue weighted by atomic mass is 16.5. The zero-order valence-electron chi connectivity index (χ0n) is 11.2. The third kappa shape index (κ3) is 1.63. The summed E-state index contributed by atoms with van der Waals surface area (Å²) in [5.74, 6) is 0.708. The molecule has 4 nitrogen and oxygen atoms in total. The number of benzene rings is 1. The van der Waals surface area contributed by atoms with Crippen molar-refractivity contribution in [1.82, 2.24) is 0 Å². The summed E-state index contributed by atoms with van der Waals surface area (Å²) in [6.45, 7) is 2.25. The molecule has 0 amide bonds. The standard InChI is InChI=1S/C15H17NO3/c1-8-10-7-19-15(17)12(10)13(16)11(14(8)18-2)9-5-3-4-6-9/h3,5,9H,4,6-7,16H2,1-2H3/t9-/m1/s1. The maximum atomic E-state index is 11.8. The van der Waals surface area contributed by atoms with Gasteiger partial charge in [-0.2, -0.15) is 0 Å². The highest BCUT2D eigenvalue weighted by Crippen LogP contribution is 2.45. The van der Waals surface area contributed by atoms with Crippen LogP contribution < -0.4 is 10.5 Å². The number of nitrogens with two attached hydrogens (primary N) is 1. The minimum atomic E-state index is -0.318. The number of nitrogen functional groups attached to an aromatic ring is 1. The number of carbonyl (C=O) groups excluding carboxylic acids is 1. The van der Waals surface area contributed by atoms with Crippen molar-refractivity contribution >= 4 is 11.7 Å². The lowest BCUT2D eigenvalue weighted by molar-refractivity contribution is 0.0535. The summed E-state index contributed by atoms with van der Waals surface area (Å²) in [4.78, 5) is 11.8. The molecule has 0 unspecified atom stereocenters. The smallest absolute Gasteiger partial charge is 0.341 e. The van der Waals surface area contributed by atoms with Crippen molar-refractivity contribution in [2.75, 3.05) is 12.8 Å². The molecule has 4 heteroatoms. The van der Waals surface area contributed by atoms with E-state index in [-0.39, 0.29) is 11.9 Å². The Bertz CT molecular complexity index is 590. The van der Waals surface area contributed by atoms with Gasteiger partial charge in [0.1, 0.15) is 12.4 Å². The molecule has 0 bridgehead atoms. The maximum absolute atomic E-state index is 11.8. The molecule has 0 radical (unpaired) electrons. The minimum Gasteiger partial charge on any atom is -0.496 e. The Morgan fingerprint density at radius 1 is 1.47 bits per heavy atom. The number of hydrogen-bond acceptors (Lipinski definition) is 4. The van der Waals surface area contributed by atoms with Crippen LogP contribution in [0, 0.1) is 6.92 Å². The molecule has 100 valence electrons. The highest BCUT2D eigenvalue weighted by Gasteiger charge is 2.33. The van der Waals surface area contributed by atoms with Gasteiger partial charge in [0.25, 0.3) is 0 Å². The van der Waals surface area contributed by atoms with Crippen molar-refractivity contribution in [3.63, 3.8) is 0 Å². The second-order valence-electron chi connectivity index (χ2n) is 5.03. The Morgan fingerprint density at radius 3 is 2.89 bits per heavy atom. The fourth-order valence-corrected chi connectivity index (χ4v) is 3.07. The van der Waals surface area contributed by atoms with Crippen molar-refractivity contribution < 1.29 is 14.3 Å². The molecule has 2 N–H and O–H groups in total. The molecule has 0 fully saturated rings. The predicted octanol–water partition coefficient (Wildman–Crippen LogP) is 2.69. The lowest BCUT2D eigenvalue weighted by Crippen LogP contribution is -2.10. The molecule has 0 saturated carbocycles. The monoisotopic (exact) mass is 259 g/mol. The number of hydrogen-bond donors (Lipinski definition) is 1. The first-order valence-electron chi connectivity index (χ1n) is 6.47. The van der Waals surface area contributed by atoms with E-state index in [1.807, 2.05) is 6.92 Å². The molecule has 0 spiro atoms. The van der Waals surface area contributed by atoms with E-state index in [2.05, 4.69) is 12.2 Å². The molecule has 1 aliphatic carbocycles. The molecule has 1 aliphatic heterocycles. The van der Waals surface area contributed by atoms with E-state index in [0.717, 1.165) is 35.3 Å². The van der Waals surface area contributed by atoms with Crippen LogP contribution in [-0.2, 0) is 11.3 Å². The number of esters is 1. The molecule has 1 aromatic rings. The molecule has 0 saturated heterocycles. The van der Waals surface area contributed by atoms with Crippen LogP contribution in [0.3, 0.4) is 0 Å². The Balaban J connectivity index is 2.28. The Labute approximate surface area is 112 Å². The van der Waals surface area contributed by atoms with Crippen molar-refractivity contribution in [2.24, 2.45) is 0 Å². The van der Waals surface area contributed by atoms with Gasteiger partial charge in [-0.25, -0.2) is 4.79 Å². The Hall–Kier alpha value is -1.97. The van der Waals surface area contributed by atoms with Crippen LogP contribution in [0.25, 0.3) is 0 Å². The molecular weight excluding hydrogens is 242 g/mol. The van der Waals surface area contributed by atoms with Crippen LogP contribution >= 0.6 is 0 Å². The SMILES string of the molecule is COc1c(C)c2c(c(N)c1[C@@H]1C=CCC1)C(=O)OC2. The summed E-state index contributed by atoms with van der Waals surface area (Å²) >= 11 is 0. The van der Waals surface area contributed by atoms with Crippen LogP contribution in [-0.4, -0.2) is 13.1 Å². The first-order valence-corrected chi connectivity index (χ1v) is 6.47. The molecule has 1 atom stereocenters. The fourth-order valence-electron chi connectivity index (χ4n) is 3.07. The number of rotatable bonds is 2. The van der Waals surface area contributed by atoms with E-state index in [0.29, 0.717) is 17.9 Å². The number of ether oxygens (including phenoxy) is 2. The lowest BCUT2D eigenvalue weighted by Gasteiger charge is -2.20. The molecule has 19 heavy (non-hydrogen) atoms. The van der Waals surface area contributed by atoms with E-state index in [1.165, 1.54) is 0 Å². The maximum Gasteiger partial charge on any atom is 0.341 e. The molecule has 1 aromatic carbocycles. The van der Waals surface area contributed by atoms with Gasteiger partial charge in [0, 0.05) is 17.0 Å². The van der Waals surface area contributed by atoms with Crippen LogP contribution in [0.4, 0.5) is 5.69 Å². The van der Waals surface area contributed by atoms with E-state index in [9.17, 15) is 4.79 Å². The van der Waals surface area contributed by atoms with E-state index in [4.69, 9.17) is 15.2 Å². The average Bonchev–Trinajstić information content (AvgIpc) is 3.03. The summed E-state index contributed by atoms with van der Waals surface area (Å²) in [5.41, 5.74) is 10.1. The minimum absolute atomic E-state index is 0.229. The number of cyclic esters (lactones) is 1. The summed E-state index contributed by atoms with van der Waals surface area (Å²) < 4.78 is 10.7. The van der Waals surface area contributed by atoms with Crippen molar-refractivity contribution in [1.29, 1.82) is 0 Å². The number of methoxy groups -OCH3 is 1. The first kappa shape index (κ1) is 12.1. The summed E-state index contributed by atoms with van der Waals surface area (Å²) in [6.07, 6.45) is 6.33. The molecule has 1 heterocycles. The number of anilines is 1. The third-order valence-electron chi connectivity index (χ3n) is 4.04. The summed E-state index contributed by atoms with van der Waals surface area (Å²) in [5, 5.41) is 0. The number of carbonyl (C=O) groups is 1. The largest absolute Gasteiger partial charge is 0.496 e. The molecule has 3 rings (SSSR count). The highest BCUT2D eigenvalue weighted by molar-refractivity contribution is 6.01. The lowest BCUT2D eigenvalue weighted by atomic mass is 9.88. The topological polar surface area (TPSA) is 61.5 Å². The molecule has 0 aromatic heterocycles. The summed E-state index contributed by atoms with van der Waals surface area (Å²) in [6, 6.07) is 0. The van der Waals surface area contributed by atoms with Crippen molar-refractivity contribution in [3.05, 3.63) is 34.4 Å². The predicted molar refractivity (Wildman–Crippen MR) is 72.4 cm³/mol. The normalized spacial score (nSPS) is 20.5. The number of allylic oxidation sites excluding steroid dienone is 2. The van der Waals surface area contributed by atoms with Gasteiger partial charge in [-0.05, 0) is 25.3 Å². The third-order valence-corrected chi connectivity index (χ3v) is 4.04. The molecular formula is C15H17NO3. The van der Waals surface area contributed by atoms with Crippen LogP contribution in [0.2, 0.25) is 0 Å². The average molecular weight is 259 g/mol. The van der Waals surface area contributed by atoms with Gasteiger partial charge in [-0.3, -0.25) is 0 Å². The zero-order chi connectivity index (χ0) is 13.6. The summed E-state index contributed by atoms with van der Waals surface area (Å²) in [7, 11) is 1.65. The molecule has 2 aliphatic rings. The quantitative estimate of drug-likeness (QED) is 0.504. The van der Waals surface area contributed by atoms with E-state index >= 15 is 0 Å². The Morgan fingerprint density at radius 2 is 2.26 bits per heavy atom. The van der Waals surface area contributed by atoms with Crippen molar-refractivity contribution in [3.8, 4) is 5.75 Å². The fraction of sp³-hybridized carbons (Fsp3) is 0.400. The van der Waals surface area contributed by atoms with Crippen molar-refractivity contribution in [2.45, 2.75) is 32.3 Å². The zero-order valence-corrected chi connectivity index (χ0v) is 11.2. The van der Waals surface area contributed by atoms with Gasteiger partial charge in [-0.15, -0.1) is 0 Å². The van der Waals surface area contributed by atoms with Gasteiger partial charge >= 0.3 is 5.97 Å². The van der Waals surface area contributed by atoms with Crippen LogP contribution in [0.5, 0.6) is 5.75 Å². The van der Waals surface area contributed by atoms with Crippen LogP contribution in [0.15, 0.2) is 12.2 Å². The van der Waals surface area contributed by atoms with Gasteiger partial charge in [0.05, 0.1) is 18.4 Å². The number of fused-ring (bicyclic) bond motifs is 1. The van der Waals surface area contributed by atoms with Gasteiger partial charge in [0.15, 0.2) is 0 Å². The van der Waals surface area contributed by atoms with Gasteiger partial charge < -0.3 is 15.2 Å². The van der Waals surface area contributed by atoms with E-state index < -0.39 is 0 Å². The van der Waals surface area contributed by atoms with E-state index in [1.54, 1.807) is 7.11 Å². The second kappa shape index (κ2) is 4.30. The van der Waals surface area contributed by atoms with Gasteiger partial charge in [-0.1, -0.05) is 12.2 Å².